The third-order valence-corrected chi connectivity index (χ3v) is 3.49. The van der Waals surface area contributed by atoms with Crippen LogP contribution in [0, 0.1) is 6.92 Å². The highest BCUT2D eigenvalue weighted by Crippen LogP contribution is 2.29. The molecule has 15 heavy (non-hydrogen) atoms. The Morgan fingerprint density at radius 1 is 1.27 bits per heavy atom. The lowest BCUT2D eigenvalue weighted by molar-refractivity contribution is 0.859. The van der Waals surface area contributed by atoms with E-state index in [0.717, 1.165) is 18.9 Å². The van der Waals surface area contributed by atoms with E-state index in [-0.39, 0.29) is 0 Å². The summed E-state index contributed by atoms with van der Waals surface area (Å²) in [6.07, 6.45) is 0. The van der Waals surface area contributed by atoms with E-state index in [2.05, 4.69) is 48.2 Å². The average Bonchev–Trinajstić information content (AvgIpc) is 2.64. The van der Waals surface area contributed by atoms with Crippen LogP contribution in [0.1, 0.15) is 19.4 Å². The minimum atomic E-state index is 1.02. The summed E-state index contributed by atoms with van der Waals surface area (Å²) in [5, 5.41) is 1.30. The largest absolute Gasteiger partial charge is 0.356 e. The van der Waals surface area contributed by atoms with E-state index in [0.29, 0.717) is 0 Å². The summed E-state index contributed by atoms with van der Waals surface area (Å²) in [5.74, 6) is 1.14. The van der Waals surface area contributed by atoms with Gasteiger partial charge >= 0.3 is 0 Å². The second kappa shape index (κ2) is 4.19. The van der Waals surface area contributed by atoms with Crippen molar-refractivity contribution >= 4 is 27.4 Å². The second-order valence-corrected chi connectivity index (χ2v) is 4.48. The maximum Gasteiger partial charge on any atom is 0.150 e. The molecule has 0 atom stereocenters. The number of hydrogen-bond acceptors (Lipinski definition) is 3. The van der Waals surface area contributed by atoms with Crippen molar-refractivity contribution in [1.29, 1.82) is 0 Å². The van der Waals surface area contributed by atoms with Gasteiger partial charge in [0.2, 0.25) is 0 Å². The first kappa shape index (κ1) is 10.4. The zero-order valence-electron chi connectivity index (χ0n) is 9.45. The summed E-state index contributed by atoms with van der Waals surface area (Å²) in [6, 6.07) is 6.54. The first-order valence-electron chi connectivity index (χ1n) is 5.37. The fourth-order valence-corrected chi connectivity index (χ4v) is 2.57. The van der Waals surface area contributed by atoms with Crippen molar-refractivity contribution in [2.24, 2.45) is 0 Å². The lowest BCUT2D eigenvalue weighted by Crippen LogP contribution is -2.22. The quantitative estimate of drug-likeness (QED) is 0.787. The summed E-state index contributed by atoms with van der Waals surface area (Å²) >= 11 is 1.59. The molecule has 0 aliphatic heterocycles. The molecule has 0 saturated heterocycles. The molecule has 0 amide bonds. The molecular weight excluding hydrogens is 204 g/mol. The Balaban J connectivity index is 2.55. The zero-order valence-corrected chi connectivity index (χ0v) is 10.3. The SMILES string of the molecule is CCN(CC)c1nsc2ccc(C)cc12. The predicted octanol–water partition coefficient (Wildman–Crippen LogP) is 3.45. The van der Waals surface area contributed by atoms with Crippen molar-refractivity contribution in [2.45, 2.75) is 20.8 Å². The Morgan fingerprint density at radius 2 is 2.00 bits per heavy atom. The summed E-state index contributed by atoms with van der Waals surface area (Å²) < 4.78 is 5.83. The minimum absolute atomic E-state index is 1.02. The van der Waals surface area contributed by atoms with Crippen molar-refractivity contribution in [3.63, 3.8) is 0 Å². The first-order valence-corrected chi connectivity index (χ1v) is 6.14. The van der Waals surface area contributed by atoms with Crippen molar-refractivity contribution in [1.82, 2.24) is 4.37 Å². The number of hydrogen-bond donors (Lipinski definition) is 0. The predicted molar refractivity (Wildman–Crippen MR) is 67.9 cm³/mol. The highest BCUT2D eigenvalue weighted by Gasteiger charge is 2.10. The van der Waals surface area contributed by atoms with Gasteiger partial charge in [-0.1, -0.05) is 11.6 Å². The van der Waals surface area contributed by atoms with Crippen LogP contribution in [0.3, 0.4) is 0 Å². The van der Waals surface area contributed by atoms with Crippen LogP contribution in [-0.2, 0) is 0 Å². The Bertz CT molecular complexity index is 458. The lowest BCUT2D eigenvalue weighted by atomic mass is 10.2. The Hall–Kier alpha value is -1.09. The van der Waals surface area contributed by atoms with Gasteiger partial charge < -0.3 is 4.90 Å². The number of nitrogens with zero attached hydrogens (tertiary/aromatic N) is 2. The number of rotatable bonds is 3. The average molecular weight is 220 g/mol. The van der Waals surface area contributed by atoms with Crippen molar-refractivity contribution in [3.05, 3.63) is 23.8 Å². The molecule has 0 N–H and O–H groups in total. The van der Waals surface area contributed by atoms with Crippen molar-refractivity contribution in [2.75, 3.05) is 18.0 Å². The van der Waals surface area contributed by atoms with E-state index >= 15 is 0 Å². The molecule has 0 fully saturated rings. The van der Waals surface area contributed by atoms with Gasteiger partial charge in [0.25, 0.3) is 0 Å². The van der Waals surface area contributed by atoms with Crippen LogP contribution in [0.25, 0.3) is 10.1 Å². The second-order valence-electron chi connectivity index (χ2n) is 3.68. The fraction of sp³-hybridized carbons (Fsp3) is 0.417. The molecule has 2 aromatic rings. The van der Waals surface area contributed by atoms with Crippen molar-refractivity contribution in [3.8, 4) is 0 Å². The van der Waals surface area contributed by atoms with Gasteiger partial charge in [-0.3, -0.25) is 0 Å². The molecule has 3 heteroatoms. The molecule has 0 unspecified atom stereocenters. The monoisotopic (exact) mass is 220 g/mol. The highest BCUT2D eigenvalue weighted by molar-refractivity contribution is 7.13. The van der Waals surface area contributed by atoms with Gasteiger partial charge in [-0.15, -0.1) is 0 Å². The molecule has 1 heterocycles. The number of anilines is 1. The molecule has 0 bridgehead atoms. The van der Waals surface area contributed by atoms with Gasteiger partial charge in [-0.05, 0) is 44.4 Å². The van der Waals surface area contributed by atoms with Crippen LogP contribution < -0.4 is 4.90 Å². The summed E-state index contributed by atoms with van der Waals surface area (Å²) in [5.41, 5.74) is 1.30. The van der Waals surface area contributed by atoms with E-state index < -0.39 is 0 Å². The van der Waals surface area contributed by atoms with Gasteiger partial charge in [0.05, 0.1) is 4.70 Å². The maximum absolute atomic E-state index is 4.55. The molecule has 0 spiro atoms. The third kappa shape index (κ3) is 1.84. The summed E-state index contributed by atoms with van der Waals surface area (Å²) in [6.45, 7) is 8.50. The molecule has 0 saturated carbocycles. The lowest BCUT2D eigenvalue weighted by Gasteiger charge is -2.18. The molecule has 1 aromatic carbocycles. The summed E-state index contributed by atoms with van der Waals surface area (Å²) in [7, 11) is 0. The van der Waals surface area contributed by atoms with Gasteiger partial charge in [0.1, 0.15) is 5.82 Å². The van der Waals surface area contributed by atoms with E-state index in [1.54, 1.807) is 11.5 Å². The Labute approximate surface area is 94.7 Å². The van der Waals surface area contributed by atoms with E-state index in [1.807, 2.05) is 0 Å². The van der Waals surface area contributed by atoms with Crippen LogP contribution in [0.15, 0.2) is 18.2 Å². The molecule has 1 aromatic heterocycles. The van der Waals surface area contributed by atoms with Gasteiger partial charge in [-0.25, -0.2) is 0 Å². The molecule has 2 rings (SSSR count). The van der Waals surface area contributed by atoms with Crippen LogP contribution in [0.4, 0.5) is 5.82 Å². The first-order chi connectivity index (χ1) is 7.26. The number of fused-ring (bicyclic) bond motifs is 1. The smallest absolute Gasteiger partial charge is 0.150 e. The molecule has 0 aliphatic carbocycles. The minimum Gasteiger partial charge on any atom is -0.356 e. The molecule has 0 aliphatic rings. The Kier molecular flexibility index (Phi) is 2.91. The molecule has 80 valence electrons. The fourth-order valence-electron chi connectivity index (χ4n) is 1.79. The van der Waals surface area contributed by atoms with E-state index in [9.17, 15) is 0 Å². The maximum atomic E-state index is 4.55. The van der Waals surface area contributed by atoms with E-state index in [4.69, 9.17) is 0 Å². The van der Waals surface area contributed by atoms with Crippen LogP contribution in [-0.4, -0.2) is 17.5 Å². The summed E-state index contributed by atoms with van der Waals surface area (Å²) in [4.78, 5) is 2.30. The zero-order chi connectivity index (χ0) is 10.8. The number of benzene rings is 1. The molecule has 2 nitrogen and oxygen atoms in total. The number of aryl methyl sites for hydroxylation is 1. The molecular formula is C12H16N2S. The Morgan fingerprint density at radius 3 is 2.67 bits per heavy atom. The number of aromatic nitrogens is 1. The molecule has 0 radical (unpaired) electrons. The highest BCUT2D eigenvalue weighted by atomic mass is 32.1. The van der Waals surface area contributed by atoms with Gasteiger partial charge in [-0.2, -0.15) is 4.37 Å². The van der Waals surface area contributed by atoms with Gasteiger partial charge in [0, 0.05) is 18.5 Å². The standard InChI is InChI=1S/C12H16N2S/c1-4-14(5-2)12-10-8-9(3)6-7-11(10)15-13-12/h6-8H,4-5H2,1-3H3. The van der Waals surface area contributed by atoms with Crippen LogP contribution in [0.2, 0.25) is 0 Å². The van der Waals surface area contributed by atoms with Gasteiger partial charge in [0.15, 0.2) is 0 Å². The van der Waals surface area contributed by atoms with E-state index in [1.165, 1.54) is 15.6 Å². The van der Waals surface area contributed by atoms with Crippen LogP contribution >= 0.6 is 11.5 Å². The third-order valence-electron chi connectivity index (χ3n) is 2.67. The van der Waals surface area contributed by atoms with Crippen LogP contribution in [0.5, 0.6) is 0 Å². The topological polar surface area (TPSA) is 16.1 Å². The van der Waals surface area contributed by atoms with Crippen molar-refractivity contribution < 1.29 is 0 Å². The normalized spacial score (nSPS) is 10.9.